The van der Waals surface area contributed by atoms with E-state index < -0.39 is 6.67 Å². The van der Waals surface area contributed by atoms with Gasteiger partial charge >= 0.3 is 0 Å². The molecule has 1 amide bonds. The Bertz CT molecular complexity index is 691. The molecule has 0 spiro atoms. The number of nitrogens with one attached hydrogen (secondary N) is 2. The van der Waals surface area contributed by atoms with E-state index in [2.05, 4.69) is 23.3 Å². The van der Waals surface area contributed by atoms with Crippen molar-refractivity contribution in [2.45, 2.75) is 31.2 Å². The van der Waals surface area contributed by atoms with Gasteiger partial charge in [0, 0.05) is 23.2 Å². The molecule has 0 aromatic heterocycles. The minimum atomic E-state index is -0.720. The lowest BCUT2D eigenvalue weighted by Gasteiger charge is -2.08. The van der Waals surface area contributed by atoms with Crippen molar-refractivity contribution in [3.8, 4) is 0 Å². The van der Waals surface area contributed by atoms with E-state index in [1.165, 1.54) is 18.4 Å². The van der Waals surface area contributed by atoms with Gasteiger partial charge in [-0.15, -0.1) is 0 Å². The summed E-state index contributed by atoms with van der Waals surface area (Å²) in [6, 6.07) is 8.19. The van der Waals surface area contributed by atoms with Gasteiger partial charge in [0.2, 0.25) is 0 Å². The minimum Gasteiger partial charge on any atom is -0.323 e. The van der Waals surface area contributed by atoms with Crippen LogP contribution in [0, 0.1) is 5.92 Å². The predicted octanol–water partition coefficient (Wildman–Crippen LogP) is 3.87. The van der Waals surface area contributed by atoms with Crippen molar-refractivity contribution < 1.29 is 9.18 Å². The van der Waals surface area contributed by atoms with Crippen LogP contribution in [0.2, 0.25) is 0 Å². The van der Waals surface area contributed by atoms with Crippen molar-refractivity contribution in [1.82, 2.24) is 10.6 Å². The van der Waals surface area contributed by atoms with Crippen LogP contribution >= 0.6 is 0 Å². The maximum Gasteiger partial charge on any atom is 0.255 e. The molecule has 2 atom stereocenters. The quantitative estimate of drug-likeness (QED) is 0.670. The predicted molar refractivity (Wildman–Crippen MR) is 99.2 cm³/mol. The number of rotatable bonds is 9. The third-order valence-corrected chi connectivity index (χ3v) is 4.70. The smallest absolute Gasteiger partial charge is 0.255 e. The lowest BCUT2D eigenvalue weighted by molar-refractivity contribution is 0.0963. The molecule has 0 bridgehead atoms. The Kier molecular flexibility index (Phi) is 5.82. The van der Waals surface area contributed by atoms with E-state index in [9.17, 15) is 9.18 Å². The van der Waals surface area contributed by atoms with Crippen LogP contribution in [-0.2, 0) is 0 Å². The Morgan fingerprint density at radius 1 is 1.32 bits per heavy atom. The first-order chi connectivity index (χ1) is 12.2. The molecule has 1 aromatic rings. The molecule has 25 heavy (non-hydrogen) atoms. The highest BCUT2D eigenvalue weighted by atomic mass is 19.1. The molecule has 0 saturated heterocycles. The SMILES string of the molecule is C=C/C=C\C=C(/CF)NC(=O)c1cccc(C2CC2NCC2CC2)c1. The van der Waals surface area contributed by atoms with Crippen LogP contribution in [0.25, 0.3) is 0 Å². The van der Waals surface area contributed by atoms with Crippen LogP contribution in [0.15, 0.2) is 60.8 Å². The van der Waals surface area contributed by atoms with Crippen molar-refractivity contribution in [3.63, 3.8) is 0 Å². The first-order valence-corrected chi connectivity index (χ1v) is 8.90. The van der Waals surface area contributed by atoms with Crippen molar-refractivity contribution in [2.75, 3.05) is 13.2 Å². The summed E-state index contributed by atoms with van der Waals surface area (Å²) in [6.07, 6.45) is 10.3. The standard InChI is InChI=1S/C21H25FN2O/c1-2-3-4-8-18(13-22)24-21(25)17-7-5-6-16(11-17)19-12-20(19)23-14-15-9-10-15/h2-8,11,15,19-20,23H,1,9-10,12-14H2,(H,24,25)/b4-3-,18-8+. The number of carbonyl (C=O) groups excluding carboxylic acids is 1. The molecule has 2 unspecified atom stereocenters. The van der Waals surface area contributed by atoms with Gasteiger partial charge in [0.1, 0.15) is 6.67 Å². The van der Waals surface area contributed by atoms with Crippen LogP contribution in [0.1, 0.15) is 41.1 Å². The van der Waals surface area contributed by atoms with E-state index in [-0.39, 0.29) is 11.6 Å². The summed E-state index contributed by atoms with van der Waals surface area (Å²) in [5.74, 6) is 1.08. The average molecular weight is 340 g/mol. The highest BCUT2D eigenvalue weighted by Crippen LogP contribution is 2.41. The Hall–Kier alpha value is -2.20. The highest BCUT2D eigenvalue weighted by Gasteiger charge is 2.39. The van der Waals surface area contributed by atoms with Crippen LogP contribution in [0.4, 0.5) is 4.39 Å². The molecule has 3 rings (SSSR count). The molecule has 2 fully saturated rings. The van der Waals surface area contributed by atoms with E-state index in [1.54, 1.807) is 30.4 Å². The molecule has 2 aliphatic carbocycles. The van der Waals surface area contributed by atoms with Gasteiger partial charge in [-0.1, -0.05) is 36.9 Å². The lowest BCUT2D eigenvalue weighted by atomic mass is 10.1. The second kappa shape index (κ2) is 8.26. The van der Waals surface area contributed by atoms with Crippen molar-refractivity contribution >= 4 is 5.91 Å². The van der Waals surface area contributed by atoms with E-state index in [0.29, 0.717) is 17.5 Å². The number of benzene rings is 1. The van der Waals surface area contributed by atoms with Crippen molar-refractivity contribution in [2.24, 2.45) is 5.92 Å². The molecule has 3 nitrogen and oxygen atoms in total. The fourth-order valence-electron chi connectivity index (χ4n) is 2.93. The molecule has 0 radical (unpaired) electrons. The third kappa shape index (κ3) is 5.13. The maximum absolute atomic E-state index is 13.0. The Morgan fingerprint density at radius 2 is 2.16 bits per heavy atom. The van der Waals surface area contributed by atoms with Gasteiger partial charge in [-0.2, -0.15) is 0 Å². The molecular weight excluding hydrogens is 315 g/mol. The second-order valence-electron chi connectivity index (χ2n) is 6.83. The van der Waals surface area contributed by atoms with Gasteiger partial charge < -0.3 is 10.6 Å². The van der Waals surface area contributed by atoms with Gasteiger partial charge in [0.15, 0.2) is 0 Å². The Morgan fingerprint density at radius 3 is 2.88 bits per heavy atom. The summed E-state index contributed by atoms with van der Waals surface area (Å²) >= 11 is 0. The number of halogens is 1. The Balaban J connectivity index is 1.58. The maximum atomic E-state index is 13.0. The zero-order chi connectivity index (χ0) is 17.6. The van der Waals surface area contributed by atoms with Crippen molar-refractivity contribution in [3.05, 3.63) is 72.0 Å². The van der Waals surface area contributed by atoms with Crippen molar-refractivity contribution in [1.29, 1.82) is 0 Å². The fourth-order valence-corrected chi connectivity index (χ4v) is 2.93. The number of allylic oxidation sites excluding steroid dienone is 5. The molecule has 2 saturated carbocycles. The zero-order valence-corrected chi connectivity index (χ0v) is 14.4. The van der Waals surface area contributed by atoms with Gasteiger partial charge in [-0.3, -0.25) is 4.79 Å². The number of carbonyl (C=O) groups is 1. The highest BCUT2D eigenvalue weighted by molar-refractivity contribution is 5.95. The van der Waals surface area contributed by atoms with E-state index in [1.807, 2.05) is 12.1 Å². The minimum absolute atomic E-state index is 0.240. The first-order valence-electron chi connectivity index (χ1n) is 8.90. The second-order valence-corrected chi connectivity index (χ2v) is 6.83. The van der Waals surface area contributed by atoms with Gasteiger partial charge in [0.25, 0.3) is 5.91 Å². The molecule has 2 N–H and O–H groups in total. The topological polar surface area (TPSA) is 41.1 Å². The van der Waals surface area contributed by atoms with Crippen LogP contribution in [0.3, 0.4) is 0 Å². The largest absolute Gasteiger partial charge is 0.323 e. The fraction of sp³-hybridized carbons (Fsp3) is 0.381. The normalized spacial score (nSPS) is 22.8. The number of alkyl halides is 1. The Labute approximate surface area is 148 Å². The third-order valence-electron chi connectivity index (χ3n) is 4.70. The van der Waals surface area contributed by atoms with Gasteiger partial charge in [-0.05, 0) is 55.5 Å². The molecule has 0 aliphatic heterocycles. The summed E-state index contributed by atoms with van der Waals surface area (Å²) in [7, 11) is 0. The van der Waals surface area contributed by atoms with E-state index >= 15 is 0 Å². The molecule has 4 heteroatoms. The van der Waals surface area contributed by atoms with Crippen LogP contribution in [0.5, 0.6) is 0 Å². The lowest BCUT2D eigenvalue weighted by Crippen LogP contribution is -2.24. The molecular formula is C21H25FN2O. The van der Waals surface area contributed by atoms with Crippen LogP contribution in [-0.4, -0.2) is 25.2 Å². The summed E-state index contributed by atoms with van der Waals surface area (Å²) in [5.41, 5.74) is 1.99. The van der Waals surface area contributed by atoms with E-state index in [0.717, 1.165) is 18.9 Å². The van der Waals surface area contributed by atoms with Gasteiger partial charge in [0.05, 0.1) is 0 Å². The summed E-state index contributed by atoms with van der Waals surface area (Å²) in [4.78, 5) is 12.4. The van der Waals surface area contributed by atoms with Gasteiger partial charge in [-0.25, -0.2) is 4.39 Å². The first kappa shape index (κ1) is 17.6. The summed E-state index contributed by atoms with van der Waals surface area (Å²) < 4.78 is 13.0. The molecule has 0 heterocycles. The number of hydrogen-bond donors (Lipinski definition) is 2. The molecule has 132 valence electrons. The average Bonchev–Trinajstić information content (AvgIpc) is 3.54. The zero-order valence-electron chi connectivity index (χ0n) is 14.4. The molecule has 1 aromatic carbocycles. The van der Waals surface area contributed by atoms with Crippen LogP contribution < -0.4 is 10.6 Å². The summed E-state index contributed by atoms with van der Waals surface area (Å²) in [5, 5.41) is 6.24. The van der Waals surface area contributed by atoms with E-state index in [4.69, 9.17) is 0 Å². The molecule has 2 aliphatic rings. The monoisotopic (exact) mass is 340 g/mol. The summed E-state index contributed by atoms with van der Waals surface area (Å²) in [6.45, 7) is 3.95. The number of hydrogen-bond acceptors (Lipinski definition) is 2. The number of amides is 1.